The van der Waals surface area contributed by atoms with Crippen molar-refractivity contribution in [2.45, 2.75) is 19.3 Å². The summed E-state index contributed by atoms with van der Waals surface area (Å²) in [5.41, 5.74) is 0. The molecule has 0 aromatic heterocycles. The van der Waals surface area contributed by atoms with Gasteiger partial charge >= 0.3 is 0 Å². The lowest BCUT2D eigenvalue weighted by Crippen LogP contribution is -2.20. The molecule has 0 spiro atoms. The van der Waals surface area contributed by atoms with Crippen molar-refractivity contribution in [2.75, 3.05) is 26.2 Å². The predicted octanol–water partition coefficient (Wildman–Crippen LogP) is 0.903. The maximum absolute atomic E-state index is 10.1. The summed E-state index contributed by atoms with van der Waals surface area (Å²) in [4.78, 5) is 2.37. The Morgan fingerprint density at radius 1 is 1.22 bits per heavy atom. The van der Waals surface area contributed by atoms with Crippen LogP contribution in [0.5, 0.6) is 0 Å². The van der Waals surface area contributed by atoms with Gasteiger partial charge in [0.05, 0.1) is 6.61 Å². The molecule has 0 saturated carbocycles. The van der Waals surface area contributed by atoms with Crippen molar-refractivity contribution in [1.82, 2.24) is 4.90 Å². The largest absolute Gasteiger partial charge is 0.303 e. The fourth-order valence-electron chi connectivity index (χ4n) is 1.29. The summed E-state index contributed by atoms with van der Waals surface area (Å²) in [6.45, 7) is 3.57. The molecule has 0 bridgehead atoms. The Labute approximate surface area is 56.5 Å². The van der Waals surface area contributed by atoms with Gasteiger partial charge in [-0.2, -0.15) is 0 Å². The average molecular weight is 128 g/mol. The van der Waals surface area contributed by atoms with E-state index in [2.05, 4.69) is 4.90 Å². The second-order valence-electron chi connectivity index (χ2n) is 2.61. The summed E-state index contributed by atoms with van der Waals surface area (Å²) in [5.74, 6) is 0. The van der Waals surface area contributed by atoms with Crippen LogP contribution in [0.1, 0.15) is 19.3 Å². The Morgan fingerprint density at radius 3 is 2.44 bits per heavy atom. The zero-order valence-electron chi connectivity index (χ0n) is 5.81. The summed E-state index contributed by atoms with van der Waals surface area (Å²) in [6.07, 6.45) is 3.50. The van der Waals surface area contributed by atoms with E-state index in [-0.39, 0.29) is 6.61 Å². The van der Waals surface area contributed by atoms with Crippen LogP contribution < -0.4 is 0 Å². The molecule has 0 atom stereocenters. The van der Waals surface area contributed by atoms with E-state index in [0.29, 0.717) is 0 Å². The highest BCUT2D eigenvalue weighted by molar-refractivity contribution is 4.64. The van der Waals surface area contributed by atoms with E-state index >= 15 is 0 Å². The lowest BCUT2D eigenvalue weighted by atomic mass is 10.4. The van der Waals surface area contributed by atoms with Crippen molar-refractivity contribution in [3.05, 3.63) is 0 Å². The number of nitrogens with zero attached hydrogens (tertiary/aromatic N) is 1. The molecule has 53 valence electrons. The van der Waals surface area contributed by atoms with Crippen LogP contribution in [0, 0.1) is 0 Å². The third kappa shape index (κ3) is 2.33. The van der Waals surface area contributed by atoms with Crippen molar-refractivity contribution < 1.29 is 5.11 Å². The van der Waals surface area contributed by atoms with Crippen LogP contribution in [0.4, 0.5) is 0 Å². The second-order valence-corrected chi connectivity index (χ2v) is 2.61. The topological polar surface area (TPSA) is 23.1 Å². The van der Waals surface area contributed by atoms with Gasteiger partial charge in [-0.05, 0) is 32.4 Å². The van der Waals surface area contributed by atoms with Crippen LogP contribution in [0.15, 0.2) is 0 Å². The molecule has 1 heterocycles. The monoisotopic (exact) mass is 128 g/mol. The molecule has 2 nitrogen and oxygen atoms in total. The third-order valence-electron chi connectivity index (χ3n) is 1.82. The SMILES string of the molecule is [O]CCCN1CCCC1. The lowest BCUT2D eigenvalue weighted by molar-refractivity contribution is 0.173. The summed E-state index contributed by atoms with van der Waals surface area (Å²) in [6, 6.07) is 0. The molecule has 1 fully saturated rings. The molecule has 0 aromatic rings. The molecule has 1 rings (SSSR count). The first-order chi connectivity index (χ1) is 4.43. The van der Waals surface area contributed by atoms with E-state index in [0.717, 1.165) is 13.0 Å². The van der Waals surface area contributed by atoms with E-state index in [9.17, 15) is 5.11 Å². The molecule has 1 radical (unpaired) electrons. The van der Waals surface area contributed by atoms with Crippen molar-refractivity contribution in [3.8, 4) is 0 Å². The minimum Gasteiger partial charge on any atom is -0.303 e. The third-order valence-corrected chi connectivity index (χ3v) is 1.82. The first kappa shape index (κ1) is 7.03. The first-order valence-corrected chi connectivity index (χ1v) is 3.74. The van der Waals surface area contributed by atoms with Crippen LogP contribution in [0.3, 0.4) is 0 Å². The Morgan fingerprint density at radius 2 is 1.89 bits per heavy atom. The van der Waals surface area contributed by atoms with Gasteiger partial charge in [-0.1, -0.05) is 0 Å². The van der Waals surface area contributed by atoms with Crippen molar-refractivity contribution in [2.24, 2.45) is 0 Å². The van der Waals surface area contributed by atoms with Gasteiger partial charge in [-0.15, -0.1) is 0 Å². The minimum absolute atomic E-state index is 0.0938. The molecule has 0 N–H and O–H groups in total. The van der Waals surface area contributed by atoms with Crippen LogP contribution in [0.2, 0.25) is 0 Å². The second kappa shape index (κ2) is 3.85. The predicted molar refractivity (Wildman–Crippen MR) is 35.8 cm³/mol. The summed E-state index contributed by atoms with van der Waals surface area (Å²) in [7, 11) is 0. The van der Waals surface area contributed by atoms with Crippen molar-refractivity contribution >= 4 is 0 Å². The van der Waals surface area contributed by atoms with E-state index in [1.807, 2.05) is 0 Å². The van der Waals surface area contributed by atoms with Crippen LogP contribution in [-0.4, -0.2) is 31.1 Å². The molecule has 9 heavy (non-hydrogen) atoms. The number of hydrogen-bond donors (Lipinski definition) is 0. The standard InChI is InChI=1S/C7H14NO/c9-7-3-6-8-4-1-2-5-8/h1-7H2. The van der Waals surface area contributed by atoms with Gasteiger partial charge in [-0.25, -0.2) is 5.11 Å². The summed E-state index contributed by atoms with van der Waals surface area (Å²) >= 11 is 0. The number of hydrogen-bond acceptors (Lipinski definition) is 1. The fourth-order valence-corrected chi connectivity index (χ4v) is 1.29. The fraction of sp³-hybridized carbons (Fsp3) is 1.00. The van der Waals surface area contributed by atoms with Gasteiger partial charge in [0, 0.05) is 6.54 Å². The highest BCUT2D eigenvalue weighted by Gasteiger charge is 2.09. The van der Waals surface area contributed by atoms with E-state index in [4.69, 9.17) is 0 Å². The Balaban J connectivity index is 1.98. The van der Waals surface area contributed by atoms with Crippen LogP contribution in [0.25, 0.3) is 0 Å². The molecule has 0 aliphatic carbocycles. The van der Waals surface area contributed by atoms with Crippen molar-refractivity contribution in [1.29, 1.82) is 0 Å². The normalized spacial score (nSPS) is 21.0. The highest BCUT2D eigenvalue weighted by atomic mass is 16.3. The Kier molecular flexibility index (Phi) is 3.01. The zero-order valence-corrected chi connectivity index (χ0v) is 5.81. The molecular formula is C7H14NO. The molecule has 1 aliphatic rings. The highest BCUT2D eigenvalue weighted by Crippen LogP contribution is 2.06. The average Bonchev–Trinajstić information content (AvgIpc) is 2.34. The summed E-state index contributed by atoms with van der Waals surface area (Å²) in [5, 5.41) is 10.1. The molecule has 0 amide bonds. The van der Waals surface area contributed by atoms with Gasteiger partial charge in [0.25, 0.3) is 0 Å². The maximum atomic E-state index is 10.1. The van der Waals surface area contributed by atoms with Crippen LogP contribution >= 0.6 is 0 Å². The number of rotatable bonds is 3. The zero-order chi connectivity index (χ0) is 6.53. The van der Waals surface area contributed by atoms with Crippen molar-refractivity contribution in [3.63, 3.8) is 0 Å². The summed E-state index contributed by atoms with van der Waals surface area (Å²) < 4.78 is 0. The van der Waals surface area contributed by atoms with Gasteiger partial charge in [-0.3, -0.25) is 0 Å². The van der Waals surface area contributed by atoms with Gasteiger partial charge in [0.1, 0.15) is 0 Å². The van der Waals surface area contributed by atoms with Gasteiger partial charge in [0.2, 0.25) is 0 Å². The quantitative estimate of drug-likeness (QED) is 0.554. The molecule has 1 aliphatic heterocycles. The van der Waals surface area contributed by atoms with E-state index in [1.54, 1.807) is 0 Å². The van der Waals surface area contributed by atoms with E-state index in [1.165, 1.54) is 25.9 Å². The Hall–Kier alpha value is -0.0800. The molecule has 1 saturated heterocycles. The lowest BCUT2D eigenvalue weighted by Gasteiger charge is -2.11. The number of likely N-dealkylation sites (tertiary alicyclic amines) is 1. The van der Waals surface area contributed by atoms with Crippen LogP contribution in [-0.2, 0) is 5.11 Å². The van der Waals surface area contributed by atoms with Gasteiger partial charge in [0.15, 0.2) is 0 Å². The molecule has 0 aromatic carbocycles. The molecule has 2 heteroatoms. The maximum Gasteiger partial charge on any atom is 0.0834 e. The Bertz CT molecular complexity index is 69.3. The minimum atomic E-state index is 0.0938. The van der Waals surface area contributed by atoms with E-state index < -0.39 is 0 Å². The molecular weight excluding hydrogens is 114 g/mol. The first-order valence-electron chi connectivity index (χ1n) is 3.74. The smallest absolute Gasteiger partial charge is 0.0834 e. The molecule has 0 unspecified atom stereocenters. The van der Waals surface area contributed by atoms with Gasteiger partial charge < -0.3 is 4.90 Å².